The maximum atomic E-state index is 14.0. The SMILES string of the molecule is CCNC(=NCc1ccc(C#N)cc1F)NCc1coc(-c2ccccc2)n1. The first-order valence-corrected chi connectivity index (χ1v) is 8.90. The predicted molar refractivity (Wildman–Crippen MR) is 105 cm³/mol. The topological polar surface area (TPSA) is 86.2 Å². The van der Waals surface area contributed by atoms with E-state index in [0.29, 0.717) is 30.5 Å². The Balaban J connectivity index is 1.64. The molecule has 3 aromatic rings. The number of rotatable bonds is 6. The number of hydrogen-bond donors (Lipinski definition) is 2. The Morgan fingerprint density at radius 2 is 2.04 bits per heavy atom. The van der Waals surface area contributed by atoms with Crippen LogP contribution in [0.2, 0.25) is 0 Å². The van der Waals surface area contributed by atoms with Gasteiger partial charge in [0, 0.05) is 17.7 Å². The van der Waals surface area contributed by atoms with Crippen LogP contribution in [0.15, 0.2) is 64.2 Å². The van der Waals surface area contributed by atoms with Crippen LogP contribution < -0.4 is 10.6 Å². The van der Waals surface area contributed by atoms with E-state index >= 15 is 0 Å². The first-order valence-electron chi connectivity index (χ1n) is 8.90. The van der Waals surface area contributed by atoms with Crippen LogP contribution in [0.5, 0.6) is 0 Å². The molecule has 0 spiro atoms. The molecule has 1 aromatic heterocycles. The molecule has 0 unspecified atom stereocenters. The van der Waals surface area contributed by atoms with Gasteiger partial charge in [-0.3, -0.25) is 0 Å². The van der Waals surface area contributed by atoms with Crippen molar-refractivity contribution < 1.29 is 8.81 Å². The average Bonchev–Trinajstić information content (AvgIpc) is 3.20. The van der Waals surface area contributed by atoms with Crippen molar-refractivity contribution in [1.29, 1.82) is 5.26 Å². The number of benzene rings is 2. The fraction of sp³-hybridized carbons (Fsp3) is 0.190. The van der Waals surface area contributed by atoms with Crippen LogP contribution in [0.3, 0.4) is 0 Å². The fourth-order valence-corrected chi connectivity index (χ4v) is 2.53. The molecule has 0 fully saturated rings. The van der Waals surface area contributed by atoms with Gasteiger partial charge in [0.25, 0.3) is 0 Å². The molecule has 0 aliphatic rings. The van der Waals surface area contributed by atoms with Crippen molar-refractivity contribution in [3.8, 4) is 17.5 Å². The Bertz CT molecular complexity index is 992. The van der Waals surface area contributed by atoms with Crippen molar-refractivity contribution in [3.05, 3.63) is 77.4 Å². The zero-order valence-corrected chi connectivity index (χ0v) is 15.4. The third-order valence-corrected chi connectivity index (χ3v) is 3.94. The number of nitrogens with zero attached hydrogens (tertiary/aromatic N) is 3. The van der Waals surface area contributed by atoms with Crippen LogP contribution in [0.25, 0.3) is 11.5 Å². The van der Waals surface area contributed by atoms with E-state index in [-0.39, 0.29) is 12.1 Å². The Labute approximate surface area is 162 Å². The smallest absolute Gasteiger partial charge is 0.226 e. The second-order valence-electron chi connectivity index (χ2n) is 5.98. The maximum Gasteiger partial charge on any atom is 0.226 e. The monoisotopic (exact) mass is 377 g/mol. The lowest BCUT2D eigenvalue weighted by atomic mass is 10.1. The Morgan fingerprint density at radius 3 is 2.75 bits per heavy atom. The van der Waals surface area contributed by atoms with Gasteiger partial charge in [-0.1, -0.05) is 24.3 Å². The third kappa shape index (κ3) is 4.95. The highest BCUT2D eigenvalue weighted by atomic mass is 19.1. The number of nitrogens with one attached hydrogen (secondary N) is 2. The zero-order chi connectivity index (χ0) is 19.8. The number of oxazole rings is 1. The highest BCUT2D eigenvalue weighted by Crippen LogP contribution is 2.17. The number of nitriles is 1. The van der Waals surface area contributed by atoms with Crippen molar-refractivity contribution in [3.63, 3.8) is 0 Å². The van der Waals surface area contributed by atoms with E-state index < -0.39 is 5.82 Å². The van der Waals surface area contributed by atoms with Crippen molar-refractivity contribution in [2.24, 2.45) is 4.99 Å². The van der Waals surface area contributed by atoms with Crippen LogP contribution in [-0.2, 0) is 13.1 Å². The van der Waals surface area contributed by atoms with Crippen molar-refractivity contribution >= 4 is 5.96 Å². The Kier molecular flexibility index (Phi) is 6.37. The van der Waals surface area contributed by atoms with Gasteiger partial charge >= 0.3 is 0 Å². The molecule has 3 rings (SSSR count). The quantitative estimate of drug-likeness (QED) is 0.506. The second-order valence-corrected chi connectivity index (χ2v) is 5.98. The van der Waals surface area contributed by atoms with Gasteiger partial charge in [-0.2, -0.15) is 5.26 Å². The highest BCUT2D eigenvalue weighted by molar-refractivity contribution is 5.79. The molecular formula is C21H20FN5O. The van der Waals surface area contributed by atoms with E-state index in [0.717, 1.165) is 11.3 Å². The van der Waals surface area contributed by atoms with Gasteiger partial charge in [-0.15, -0.1) is 0 Å². The summed E-state index contributed by atoms with van der Waals surface area (Å²) in [6, 6.07) is 15.9. The minimum atomic E-state index is -0.442. The molecule has 0 amide bonds. The van der Waals surface area contributed by atoms with Crippen LogP contribution in [-0.4, -0.2) is 17.5 Å². The minimum absolute atomic E-state index is 0.154. The summed E-state index contributed by atoms with van der Waals surface area (Å²) in [4.78, 5) is 8.85. The minimum Gasteiger partial charge on any atom is -0.444 e. The zero-order valence-electron chi connectivity index (χ0n) is 15.4. The summed E-state index contributed by atoms with van der Waals surface area (Å²) in [6.07, 6.45) is 1.60. The number of halogens is 1. The summed E-state index contributed by atoms with van der Waals surface area (Å²) >= 11 is 0. The second kappa shape index (κ2) is 9.33. The lowest BCUT2D eigenvalue weighted by Crippen LogP contribution is -2.36. The van der Waals surface area contributed by atoms with Gasteiger partial charge in [0.05, 0.1) is 30.4 Å². The molecule has 2 aromatic carbocycles. The largest absolute Gasteiger partial charge is 0.444 e. The molecule has 6 nitrogen and oxygen atoms in total. The summed E-state index contributed by atoms with van der Waals surface area (Å²) < 4.78 is 19.5. The van der Waals surface area contributed by atoms with Crippen molar-refractivity contribution in [2.45, 2.75) is 20.0 Å². The van der Waals surface area contributed by atoms with E-state index in [1.54, 1.807) is 18.4 Å². The summed E-state index contributed by atoms with van der Waals surface area (Å²) in [7, 11) is 0. The van der Waals surface area contributed by atoms with Gasteiger partial charge in [0.15, 0.2) is 5.96 Å². The van der Waals surface area contributed by atoms with Gasteiger partial charge < -0.3 is 15.1 Å². The molecule has 0 aliphatic carbocycles. The van der Waals surface area contributed by atoms with Gasteiger partial charge in [-0.25, -0.2) is 14.4 Å². The molecule has 0 radical (unpaired) electrons. The summed E-state index contributed by atoms with van der Waals surface area (Å²) in [6.45, 7) is 3.18. The maximum absolute atomic E-state index is 14.0. The van der Waals surface area contributed by atoms with Crippen LogP contribution in [0.4, 0.5) is 4.39 Å². The standard InChI is InChI=1S/C21H20FN5O/c1-2-24-21(25-12-17-9-8-15(11-23)10-19(17)22)26-13-18-14-28-20(27-18)16-6-4-3-5-7-16/h3-10,14H,2,12-13H2,1H3,(H2,24,25,26). The number of aromatic nitrogens is 1. The van der Waals surface area contributed by atoms with Crippen LogP contribution in [0.1, 0.15) is 23.7 Å². The van der Waals surface area contributed by atoms with E-state index in [4.69, 9.17) is 9.68 Å². The van der Waals surface area contributed by atoms with E-state index in [2.05, 4.69) is 20.6 Å². The van der Waals surface area contributed by atoms with E-state index in [9.17, 15) is 4.39 Å². The Morgan fingerprint density at radius 1 is 1.21 bits per heavy atom. The first kappa shape index (κ1) is 19.1. The van der Waals surface area contributed by atoms with Crippen LogP contribution in [0, 0.1) is 17.1 Å². The fourth-order valence-electron chi connectivity index (χ4n) is 2.53. The molecule has 142 valence electrons. The third-order valence-electron chi connectivity index (χ3n) is 3.94. The van der Waals surface area contributed by atoms with Gasteiger partial charge in [0.2, 0.25) is 5.89 Å². The number of guanidine groups is 1. The predicted octanol–water partition coefficient (Wildman–Crippen LogP) is 3.61. The molecule has 28 heavy (non-hydrogen) atoms. The number of aliphatic imine (C=N–C) groups is 1. The molecule has 0 saturated carbocycles. The molecule has 0 aliphatic heterocycles. The van der Waals surface area contributed by atoms with E-state index in [1.807, 2.05) is 43.3 Å². The summed E-state index contributed by atoms with van der Waals surface area (Å²) in [5.74, 6) is 0.650. The Hall–Kier alpha value is -3.66. The molecular weight excluding hydrogens is 357 g/mol. The molecule has 7 heteroatoms. The lowest BCUT2D eigenvalue weighted by molar-refractivity contribution is 0.572. The first-order chi connectivity index (χ1) is 13.7. The van der Waals surface area contributed by atoms with Crippen molar-refractivity contribution in [2.75, 3.05) is 6.54 Å². The average molecular weight is 377 g/mol. The van der Waals surface area contributed by atoms with Gasteiger partial charge in [0.1, 0.15) is 12.1 Å². The molecule has 0 atom stereocenters. The lowest BCUT2D eigenvalue weighted by Gasteiger charge is -2.10. The van der Waals surface area contributed by atoms with E-state index in [1.165, 1.54) is 6.07 Å². The molecule has 2 N–H and O–H groups in total. The molecule has 0 saturated heterocycles. The highest BCUT2D eigenvalue weighted by Gasteiger charge is 2.08. The van der Waals surface area contributed by atoms with Crippen molar-refractivity contribution in [1.82, 2.24) is 15.6 Å². The summed E-state index contributed by atoms with van der Waals surface area (Å²) in [5, 5.41) is 15.1. The molecule has 0 bridgehead atoms. The normalized spacial score (nSPS) is 11.1. The van der Waals surface area contributed by atoms with Gasteiger partial charge in [-0.05, 0) is 31.2 Å². The summed E-state index contributed by atoms with van der Waals surface area (Å²) in [5.41, 5.74) is 2.35. The molecule has 1 heterocycles. The van der Waals surface area contributed by atoms with Crippen LogP contribution >= 0.6 is 0 Å². The number of hydrogen-bond acceptors (Lipinski definition) is 4.